The van der Waals surface area contributed by atoms with Gasteiger partial charge in [0.2, 0.25) is 20.0 Å². The number of rotatable bonds is 7. The molecule has 0 saturated carbocycles. The van der Waals surface area contributed by atoms with Gasteiger partial charge in [0, 0.05) is 5.88 Å². The zero-order valence-corrected chi connectivity index (χ0v) is 12.6. The second-order valence-corrected chi connectivity index (χ2v) is 7.74. The third kappa shape index (κ3) is 4.64. The molecule has 108 valence electrons. The summed E-state index contributed by atoms with van der Waals surface area (Å²) in [4.78, 5) is -0.119. The van der Waals surface area contributed by atoms with E-state index in [1.165, 1.54) is 25.2 Å². The van der Waals surface area contributed by atoms with Crippen molar-refractivity contribution in [3.63, 3.8) is 0 Å². The summed E-state index contributed by atoms with van der Waals surface area (Å²) in [5.41, 5.74) is 0.0198. The van der Waals surface area contributed by atoms with Crippen LogP contribution in [-0.2, 0) is 20.0 Å². The summed E-state index contributed by atoms with van der Waals surface area (Å²) in [7, 11) is -6.08. The topological polar surface area (TPSA) is 92.3 Å². The summed E-state index contributed by atoms with van der Waals surface area (Å²) >= 11 is 5.44. The molecule has 0 spiro atoms. The molecule has 19 heavy (non-hydrogen) atoms. The lowest BCUT2D eigenvalue weighted by Crippen LogP contribution is -2.23. The molecule has 0 atom stereocenters. The smallest absolute Gasteiger partial charge is 0.242 e. The van der Waals surface area contributed by atoms with E-state index in [0.717, 1.165) is 0 Å². The Bertz CT molecular complexity index is 629. The van der Waals surface area contributed by atoms with Crippen molar-refractivity contribution in [1.82, 2.24) is 4.72 Å². The van der Waals surface area contributed by atoms with Crippen LogP contribution in [-0.4, -0.2) is 35.5 Å². The van der Waals surface area contributed by atoms with E-state index in [-0.39, 0.29) is 28.6 Å². The molecule has 1 aromatic rings. The number of alkyl halides is 1. The standard InChI is InChI=1S/C10H15ClN2O4S2/c1-12-19(16,17)10-6-3-2-5-9(10)13-18(14,15)8-4-7-11/h2-3,5-6,12-13H,4,7-8H2,1H3. The lowest BCUT2D eigenvalue weighted by atomic mass is 10.3. The van der Waals surface area contributed by atoms with Crippen molar-refractivity contribution < 1.29 is 16.8 Å². The number of sulfonamides is 2. The van der Waals surface area contributed by atoms with Gasteiger partial charge in [0.05, 0.1) is 11.4 Å². The number of benzene rings is 1. The van der Waals surface area contributed by atoms with E-state index < -0.39 is 20.0 Å². The molecule has 1 aromatic carbocycles. The molecule has 0 saturated heterocycles. The number of halogens is 1. The highest BCUT2D eigenvalue weighted by Crippen LogP contribution is 2.21. The monoisotopic (exact) mass is 326 g/mol. The molecule has 2 N–H and O–H groups in total. The first-order chi connectivity index (χ1) is 8.82. The van der Waals surface area contributed by atoms with Crippen LogP contribution in [0.4, 0.5) is 5.69 Å². The highest BCUT2D eigenvalue weighted by Gasteiger charge is 2.19. The van der Waals surface area contributed by atoms with Crippen molar-refractivity contribution in [2.45, 2.75) is 11.3 Å². The van der Waals surface area contributed by atoms with Crippen LogP contribution in [0, 0.1) is 0 Å². The quantitative estimate of drug-likeness (QED) is 0.730. The Morgan fingerprint density at radius 3 is 2.37 bits per heavy atom. The van der Waals surface area contributed by atoms with Crippen molar-refractivity contribution >= 4 is 37.3 Å². The van der Waals surface area contributed by atoms with Crippen LogP contribution in [0.3, 0.4) is 0 Å². The summed E-state index contributed by atoms with van der Waals surface area (Å²) in [6.07, 6.45) is 0.290. The minimum absolute atomic E-state index is 0.0198. The van der Waals surface area contributed by atoms with Gasteiger partial charge in [-0.05, 0) is 25.6 Å². The highest BCUT2D eigenvalue weighted by atomic mass is 35.5. The van der Waals surface area contributed by atoms with Crippen molar-refractivity contribution in [1.29, 1.82) is 0 Å². The molecule has 0 aromatic heterocycles. The van der Waals surface area contributed by atoms with Gasteiger partial charge in [-0.1, -0.05) is 12.1 Å². The molecule has 0 radical (unpaired) electrons. The van der Waals surface area contributed by atoms with E-state index in [2.05, 4.69) is 9.44 Å². The Morgan fingerprint density at radius 2 is 1.79 bits per heavy atom. The first-order valence-corrected chi connectivity index (χ1v) is 9.08. The van der Waals surface area contributed by atoms with Crippen LogP contribution >= 0.6 is 11.6 Å². The maximum absolute atomic E-state index is 11.8. The molecule has 0 unspecified atom stereocenters. The van der Waals surface area contributed by atoms with Crippen molar-refractivity contribution in [2.75, 3.05) is 23.4 Å². The average molecular weight is 327 g/mol. The van der Waals surface area contributed by atoms with Gasteiger partial charge in [0.25, 0.3) is 0 Å². The Hall–Kier alpha value is -0.830. The first-order valence-electron chi connectivity index (χ1n) is 5.41. The van der Waals surface area contributed by atoms with Gasteiger partial charge in [0.1, 0.15) is 4.90 Å². The highest BCUT2D eigenvalue weighted by molar-refractivity contribution is 7.93. The molecular weight excluding hydrogens is 312 g/mol. The fraction of sp³-hybridized carbons (Fsp3) is 0.400. The van der Waals surface area contributed by atoms with Crippen LogP contribution in [0.5, 0.6) is 0 Å². The van der Waals surface area contributed by atoms with E-state index in [9.17, 15) is 16.8 Å². The molecule has 0 bridgehead atoms. The zero-order valence-electron chi connectivity index (χ0n) is 10.3. The zero-order chi connectivity index (χ0) is 14.5. The maximum Gasteiger partial charge on any atom is 0.242 e. The third-order valence-electron chi connectivity index (χ3n) is 2.26. The van der Waals surface area contributed by atoms with E-state index in [1.54, 1.807) is 6.07 Å². The van der Waals surface area contributed by atoms with Gasteiger partial charge in [-0.2, -0.15) is 0 Å². The predicted molar refractivity (Wildman–Crippen MR) is 75.4 cm³/mol. The largest absolute Gasteiger partial charge is 0.282 e. The van der Waals surface area contributed by atoms with E-state index in [1.807, 2.05) is 0 Å². The molecule has 0 fully saturated rings. The second-order valence-electron chi connectivity index (χ2n) is 3.67. The fourth-order valence-corrected chi connectivity index (χ4v) is 3.74. The van der Waals surface area contributed by atoms with Crippen LogP contribution in [0.2, 0.25) is 0 Å². The van der Waals surface area contributed by atoms with Crippen LogP contribution in [0.1, 0.15) is 6.42 Å². The number of para-hydroxylation sites is 1. The maximum atomic E-state index is 11.8. The molecule has 0 heterocycles. The number of nitrogens with one attached hydrogen (secondary N) is 2. The van der Waals surface area contributed by atoms with E-state index in [0.29, 0.717) is 0 Å². The van der Waals surface area contributed by atoms with Gasteiger partial charge in [-0.25, -0.2) is 21.6 Å². The third-order valence-corrected chi connectivity index (χ3v) is 5.35. The average Bonchev–Trinajstić information content (AvgIpc) is 2.36. The van der Waals surface area contributed by atoms with Gasteiger partial charge < -0.3 is 0 Å². The van der Waals surface area contributed by atoms with Gasteiger partial charge in [-0.15, -0.1) is 11.6 Å². The minimum Gasteiger partial charge on any atom is -0.282 e. The number of hydrogen-bond acceptors (Lipinski definition) is 4. The Labute approximate surface area is 118 Å². The Kier molecular flexibility index (Phi) is 5.60. The summed E-state index contributed by atoms with van der Waals surface area (Å²) in [6, 6.07) is 5.78. The Balaban J connectivity index is 3.10. The van der Waals surface area contributed by atoms with Crippen molar-refractivity contribution in [3.8, 4) is 0 Å². The molecule has 6 nitrogen and oxygen atoms in total. The van der Waals surface area contributed by atoms with E-state index >= 15 is 0 Å². The van der Waals surface area contributed by atoms with E-state index in [4.69, 9.17) is 11.6 Å². The fourth-order valence-electron chi connectivity index (χ4n) is 1.36. The number of anilines is 1. The molecule has 0 amide bonds. The van der Waals surface area contributed by atoms with Crippen LogP contribution in [0.25, 0.3) is 0 Å². The van der Waals surface area contributed by atoms with Gasteiger partial charge in [0.15, 0.2) is 0 Å². The SMILES string of the molecule is CNS(=O)(=O)c1ccccc1NS(=O)(=O)CCCCl. The van der Waals surface area contributed by atoms with Crippen LogP contribution < -0.4 is 9.44 Å². The van der Waals surface area contributed by atoms with Gasteiger partial charge in [-0.3, -0.25) is 4.72 Å². The van der Waals surface area contributed by atoms with Crippen molar-refractivity contribution in [3.05, 3.63) is 24.3 Å². The molecular formula is C10H15ClN2O4S2. The lowest BCUT2D eigenvalue weighted by molar-refractivity contribution is 0.588. The molecule has 0 aliphatic rings. The molecule has 1 rings (SSSR count). The first kappa shape index (κ1) is 16.2. The molecule has 0 aliphatic heterocycles. The van der Waals surface area contributed by atoms with Crippen molar-refractivity contribution in [2.24, 2.45) is 0 Å². The Morgan fingerprint density at radius 1 is 1.16 bits per heavy atom. The summed E-state index contributed by atoms with van der Waals surface area (Å²) in [6.45, 7) is 0. The predicted octanol–water partition coefficient (Wildman–Crippen LogP) is 0.965. The molecule has 9 heteroatoms. The van der Waals surface area contributed by atoms with Gasteiger partial charge >= 0.3 is 0 Å². The normalized spacial score (nSPS) is 12.3. The summed E-state index contributed by atoms with van der Waals surface area (Å²) in [5, 5.41) is 0. The number of hydrogen-bond donors (Lipinski definition) is 2. The van der Waals surface area contributed by atoms with Crippen LogP contribution in [0.15, 0.2) is 29.2 Å². The lowest BCUT2D eigenvalue weighted by Gasteiger charge is -2.12. The molecule has 0 aliphatic carbocycles. The minimum atomic E-state index is -3.72. The summed E-state index contributed by atoms with van der Waals surface area (Å²) < 4.78 is 51.4. The summed E-state index contributed by atoms with van der Waals surface area (Å²) in [5.74, 6) is 0.0573. The second kappa shape index (κ2) is 6.56.